The first-order chi connectivity index (χ1) is 14.7. The van der Waals surface area contributed by atoms with Crippen molar-refractivity contribution in [1.82, 2.24) is 20.4 Å². The van der Waals surface area contributed by atoms with Gasteiger partial charge in [0.2, 0.25) is 5.91 Å². The van der Waals surface area contributed by atoms with Gasteiger partial charge >= 0.3 is 0 Å². The van der Waals surface area contributed by atoms with Gasteiger partial charge in [-0.25, -0.2) is 4.99 Å². The van der Waals surface area contributed by atoms with Gasteiger partial charge in [0, 0.05) is 51.2 Å². The van der Waals surface area contributed by atoms with Crippen molar-refractivity contribution in [2.75, 3.05) is 26.2 Å². The van der Waals surface area contributed by atoms with Crippen molar-refractivity contribution >= 4 is 11.9 Å². The molecule has 1 saturated carbocycles. The van der Waals surface area contributed by atoms with E-state index in [1.54, 1.807) is 0 Å². The predicted octanol–water partition coefficient (Wildman–Crippen LogP) is 2.88. The highest BCUT2D eigenvalue weighted by molar-refractivity contribution is 5.80. The maximum atomic E-state index is 11.9. The van der Waals surface area contributed by atoms with E-state index in [1.807, 2.05) is 4.90 Å². The number of carbonyl (C=O) groups excluding carboxylic acids is 1. The van der Waals surface area contributed by atoms with E-state index < -0.39 is 0 Å². The molecule has 1 aromatic carbocycles. The summed E-state index contributed by atoms with van der Waals surface area (Å²) in [5.74, 6) is 1.19. The van der Waals surface area contributed by atoms with Crippen molar-refractivity contribution in [3.05, 3.63) is 35.4 Å². The summed E-state index contributed by atoms with van der Waals surface area (Å²) in [7, 11) is 0. The van der Waals surface area contributed by atoms with E-state index >= 15 is 0 Å². The molecule has 1 aromatic rings. The van der Waals surface area contributed by atoms with Gasteiger partial charge < -0.3 is 15.5 Å². The molecule has 2 aliphatic heterocycles. The summed E-state index contributed by atoms with van der Waals surface area (Å²) >= 11 is 0. The van der Waals surface area contributed by atoms with Crippen molar-refractivity contribution in [2.24, 2.45) is 4.99 Å². The van der Waals surface area contributed by atoms with Gasteiger partial charge in [-0.05, 0) is 43.7 Å². The summed E-state index contributed by atoms with van der Waals surface area (Å²) in [5, 5.41) is 7.07. The van der Waals surface area contributed by atoms with Crippen molar-refractivity contribution in [1.29, 1.82) is 0 Å². The lowest BCUT2D eigenvalue weighted by atomic mass is 10.1. The average Bonchev–Trinajstić information content (AvgIpc) is 3.50. The van der Waals surface area contributed by atoms with Gasteiger partial charge in [0.15, 0.2) is 5.96 Å². The molecule has 0 radical (unpaired) electrons. The Morgan fingerprint density at radius 3 is 2.73 bits per heavy atom. The van der Waals surface area contributed by atoms with E-state index in [0.717, 1.165) is 38.1 Å². The van der Waals surface area contributed by atoms with Crippen LogP contribution >= 0.6 is 0 Å². The largest absolute Gasteiger partial charge is 0.357 e. The molecule has 164 valence electrons. The maximum absolute atomic E-state index is 11.9. The van der Waals surface area contributed by atoms with E-state index in [1.165, 1.54) is 49.8 Å². The standard InChI is InChI=1S/C24H37N5O/c1-2-25-24(27-21-12-14-28(18-21)22-9-3-4-10-22)26-16-19-7-5-8-20(15-19)17-29-13-6-11-23(29)30/h5,7-8,15,21-22H,2-4,6,9-14,16-18H2,1H3,(H2,25,26,27). The molecular weight excluding hydrogens is 374 g/mol. The van der Waals surface area contributed by atoms with E-state index in [9.17, 15) is 4.79 Å². The smallest absolute Gasteiger partial charge is 0.222 e. The summed E-state index contributed by atoms with van der Waals surface area (Å²) in [4.78, 5) is 21.4. The zero-order chi connectivity index (χ0) is 20.8. The van der Waals surface area contributed by atoms with Crippen molar-refractivity contribution in [3.63, 3.8) is 0 Å². The minimum Gasteiger partial charge on any atom is -0.357 e. The van der Waals surface area contributed by atoms with Gasteiger partial charge in [-0.15, -0.1) is 0 Å². The third kappa shape index (κ3) is 5.54. The molecule has 2 saturated heterocycles. The lowest BCUT2D eigenvalue weighted by molar-refractivity contribution is -0.128. The first kappa shape index (κ1) is 21.2. The first-order valence-corrected chi connectivity index (χ1v) is 11.9. The Bertz CT molecular complexity index is 743. The number of hydrogen-bond donors (Lipinski definition) is 2. The number of carbonyl (C=O) groups is 1. The molecule has 0 aromatic heterocycles. The molecule has 3 aliphatic rings. The number of benzene rings is 1. The Labute approximate surface area is 181 Å². The topological polar surface area (TPSA) is 60.0 Å². The predicted molar refractivity (Wildman–Crippen MR) is 121 cm³/mol. The average molecular weight is 412 g/mol. The van der Waals surface area contributed by atoms with Crippen LogP contribution in [-0.2, 0) is 17.9 Å². The Balaban J connectivity index is 1.32. The number of amides is 1. The number of rotatable bonds is 7. The van der Waals surface area contributed by atoms with Crippen LogP contribution in [0.4, 0.5) is 0 Å². The van der Waals surface area contributed by atoms with E-state index in [4.69, 9.17) is 4.99 Å². The first-order valence-electron chi connectivity index (χ1n) is 11.9. The van der Waals surface area contributed by atoms with Crippen LogP contribution in [0.5, 0.6) is 0 Å². The highest BCUT2D eigenvalue weighted by Gasteiger charge is 2.30. The van der Waals surface area contributed by atoms with Gasteiger partial charge in [0.05, 0.1) is 6.54 Å². The molecule has 4 rings (SSSR count). The van der Waals surface area contributed by atoms with E-state index in [0.29, 0.717) is 25.6 Å². The van der Waals surface area contributed by atoms with Gasteiger partial charge in [-0.1, -0.05) is 37.1 Å². The number of guanidine groups is 1. The van der Waals surface area contributed by atoms with Crippen molar-refractivity contribution in [2.45, 2.75) is 77.0 Å². The van der Waals surface area contributed by atoms with Crippen LogP contribution in [0.3, 0.4) is 0 Å². The summed E-state index contributed by atoms with van der Waals surface area (Å²) in [6.07, 6.45) is 8.42. The van der Waals surface area contributed by atoms with Crippen LogP contribution in [0.2, 0.25) is 0 Å². The highest BCUT2D eigenvalue weighted by Crippen LogP contribution is 2.26. The lowest BCUT2D eigenvalue weighted by Gasteiger charge is -2.24. The minimum atomic E-state index is 0.278. The molecule has 1 atom stereocenters. The molecule has 0 bridgehead atoms. The molecule has 6 heteroatoms. The molecule has 2 heterocycles. The Kier molecular flexibility index (Phi) is 7.26. The second-order valence-electron chi connectivity index (χ2n) is 9.00. The summed E-state index contributed by atoms with van der Waals surface area (Å²) in [6.45, 7) is 7.57. The molecule has 3 fully saturated rings. The van der Waals surface area contributed by atoms with Crippen LogP contribution < -0.4 is 10.6 Å². The summed E-state index contributed by atoms with van der Waals surface area (Å²) in [5.41, 5.74) is 2.38. The number of hydrogen-bond acceptors (Lipinski definition) is 3. The monoisotopic (exact) mass is 411 g/mol. The number of nitrogens with one attached hydrogen (secondary N) is 2. The Morgan fingerprint density at radius 2 is 1.97 bits per heavy atom. The fourth-order valence-electron chi connectivity index (χ4n) is 5.11. The van der Waals surface area contributed by atoms with Gasteiger partial charge in [0.1, 0.15) is 0 Å². The normalized spacial score (nSPS) is 23.5. The van der Waals surface area contributed by atoms with Crippen molar-refractivity contribution < 1.29 is 4.79 Å². The second-order valence-corrected chi connectivity index (χ2v) is 9.00. The van der Waals surface area contributed by atoms with Crippen molar-refractivity contribution in [3.8, 4) is 0 Å². The van der Waals surface area contributed by atoms with Crippen LogP contribution in [0.1, 0.15) is 63.0 Å². The summed E-state index contributed by atoms with van der Waals surface area (Å²) in [6, 6.07) is 9.80. The van der Waals surface area contributed by atoms with Crippen LogP contribution in [0.25, 0.3) is 0 Å². The van der Waals surface area contributed by atoms with Crippen LogP contribution in [-0.4, -0.2) is 59.9 Å². The van der Waals surface area contributed by atoms with Gasteiger partial charge in [0.25, 0.3) is 0 Å². The minimum absolute atomic E-state index is 0.278. The van der Waals surface area contributed by atoms with Gasteiger partial charge in [-0.3, -0.25) is 9.69 Å². The fraction of sp³-hybridized carbons (Fsp3) is 0.667. The SMILES string of the molecule is CCNC(=NCc1cccc(CN2CCCC2=O)c1)NC1CCN(C2CCCC2)C1. The van der Waals surface area contributed by atoms with E-state index in [2.05, 4.69) is 46.7 Å². The molecule has 1 unspecified atom stereocenters. The number of nitrogens with zero attached hydrogens (tertiary/aromatic N) is 3. The quantitative estimate of drug-likeness (QED) is 0.535. The van der Waals surface area contributed by atoms with Crippen LogP contribution in [0, 0.1) is 0 Å². The van der Waals surface area contributed by atoms with E-state index in [-0.39, 0.29) is 5.91 Å². The molecule has 30 heavy (non-hydrogen) atoms. The molecule has 1 amide bonds. The Hall–Kier alpha value is -2.08. The highest BCUT2D eigenvalue weighted by atomic mass is 16.2. The third-order valence-corrected chi connectivity index (χ3v) is 6.70. The zero-order valence-electron chi connectivity index (χ0n) is 18.4. The Morgan fingerprint density at radius 1 is 1.13 bits per heavy atom. The van der Waals surface area contributed by atoms with Gasteiger partial charge in [-0.2, -0.15) is 0 Å². The third-order valence-electron chi connectivity index (χ3n) is 6.70. The second kappa shape index (κ2) is 10.3. The lowest BCUT2D eigenvalue weighted by Crippen LogP contribution is -2.45. The van der Waals surface area contributed by atoms with Crippen LogP contribution in [0.15, 0.2) is 29.3 Å². The number of likely N-dealkylation sites (tertiary alicyclic amines) is 2. The molecular formula is C24H37N5O. The molecule has 6 nitrogen and oxygen atoms in total. The zero-order valence-corrected chi connectivity index (χ0v) is 18.4. The summed E-state index contributed by atoms with van der Waals surface area (Å²) < 4.78 is 0. The fourth-order valence-corrected chi connectivity index (χ4v) is 5.11. The molecule has 2 N–H and O–H groups in total. The maximum Gasteiger partial charge on any atom is 0.222 e. The number of aliphatic imine (C=N–C) groups is 1. The molecule has 0 spiro atoms. The molecule has 1 aliphatic carbocycles.